The molecule has 0 aromatic rings. The third-order valence-corrected chi connectivity index (χ3v) is 1.23. The van der Waals surface area contributed by atoms with Gasteiger partial charge >= 0.3 is 0 Å². The summed E-state index contributed by atoms with van der Waals surface area (Å²) in [7, 11) is 1.79. The molecule has 0 aromatic heterocycles. The highest BCUT2D eigenvalue weighted by Crippen LogP contribution is 1.97. The van der Waals surface area contributed by atoms with Crippen molar-refractivity contribution in [2.45, 2.75) is 13.8 Å². The predicted molar refractivity (Wildman–Crippen MR) is 41.8 cm³/mol. The van der Waals surface area contributed by atoms with Gasteiger partial charge in [0.05, 0.1) is 6.21 Å². The zero-order valence-electron chi connectivity index (χ0n) is 6.53. The molecule has 0 N–H and O–H groups in total. The fourth-order valence-corrected chi connectivity index (χ4v) is 0.405. The van der Waals surface area contributed by atoms with Gasteiger partial charge in [0, 0.05) is 12.7 Å². The third kappa shape index (κ3) is 3.02. The Labute approximate surface area is 61.0 Å². The van der Waals surface area contributed by atoms with Gasteiger partial charge in [0.25, 0.3) is 0 Å². The first-order valence-electron chi connectivity index (χ1n) is 3.06. The molecule has 0 heterocycles. The quantitative estimate of drug-likeness (QED) is 0.333. The minimum absolute atomic E-state index is 0.652. The number of hydrogen-bond acceptors (Lipinski definition) is 3. The molecule has 0 amide bonds. The second-order valence-corrected chi connectivity index (χ2v) is 1.85. The van der Waals surface area contributed by atoms with Crippen molar-refractivity contribution in [3.8, 4) is 0 Å². The van der Waals surface area contributed by atoms with Crippen LogP contribution in [0.2, 0.25) is 0 Å². The molecule has 56 valence electrons. The molecule has 0 saturated carbocycles. The van der Waals surface area contributed by atoms with Crippen LogP contribution in [0.5, 0.6) is 0 Å². The van der Waals surface area contributed by atoms with Crippen LogP contribution in [0.4, 0.5) is 0 Å². The lowest BCUT2D eigenvalue weighted by Gasteiger charge is -2.10. The summed E-state index contributed by atoms with van der Waals surface area (Å²) >= 11 is 0. The maximum Gasteiger partial charge on any atom is 0.162 e. The minimum atomic E-state index is 0.652. The van der Waals surface area contributed by atoms with Crippen molar-refractivity contribution < 1.29 is 4.79 Å². The molecule has 0 spiro atoms. The Kier molecular flexibility index (Phi) is 4.20. The van der Waals surface area contributed by atoms with Crippen molar-refractivity contribution in [3.63, 3.8) is 0 Å². The molecule has 10 heavy (non-hydrogen) atoms. The van der Waals surface area contributed by atoms with E-state index < -0.39 is 0 Å². The molecular formula is C7H12N2O. The zero-order valence-corrected chi connectivity index (χ0v) is 6.53. The number of aldehydes is 1. The van der Waals surface area contributed by atoms with E-state index in [4.69, 9.17) is 0 Å². The van der Waals surface area contributed by atoms with Crippen LogP contribution in [0, 0.1) is 0 Å². The van der Waals surface area contributed by atoms with Gasteiger partial charge in [-0.1, -0.05) is 6.08 Å². The second-order valence-electron chi connectivity index (χ2n) is 1.85. The van der Waals surface area contributed by atoms with Crippen molar-refractivity contribution in [2.24, 2.45) is 5.10 Å². The fraction of sp³-hybridized carbons (Fsp3) is 0.429. The van der Waals surface area contributed by atoms with Crippen molar-refractivity contribution in [2.75, 3.05) is 7.05 Å². The number of carbonyl (C=O) groups is 1. The molecule has 0 aliphatic heterocycles. The Morgan fingerprint density at radius 3 is 2.60 bits per heavy atom. The van der Waals surface area contributed by atoms with Gasteiger partial charge in [-0.3, -0.25) is 9.80 Å². The SMILES string of the molecule is C/C=C(/C)N(C)/N=C/C=O. The second kappa shape index (κ2) is 4.73. The minimum Gasteiger partial charge on any atom is -0.297 e. The lowest BCUT2D eigenvalue weighted by molar-refractivity contribution is -0.102. The van der Waals surface area contributed by atoms with E-state index in [0.29, 0.717) is 6.29 Å². The van der Waals surface area contributed by atoms with Gasteiger partial charge in [0.1, 0.15) is 0 Å². The lowest BCUT2D eigenvalue weighted by Crippen LogP contribution is -2.07. The van der Waals surface area contributed by atoms with Crippen LogP contribution >= 0.6 is 0 Å². The first kappa shape index (κ1) is 8.88. The van der Waals surface area contributed by atoms with Gasteiger partial charge in [-0.15, -0.1) is 0 Å². The third-order valence-electron chi connectivity index (χ3n) is 1.23. The molecule has 0 bridgehead atoms. The first-order chi connectivity index (χ1) is 4.72. The number of carbonyl (C=O) groups excluding carboxylic acids is 1. The number of hydrogen-bond donors (Lipinski definition) is 0. The molecule has 0 atom stereocenters. The summed E-state index contributed by atoms with van der Waals surface area (Å²) in [5.74, 6) is 0. The highest BCUT2D eigenvalue weighted by Gasteiger charge is 1.89. The predicted octanol–water partition coefficient (Wildman–Crippen LogP) is 1.03. The van der Waals surface area contributed by atoms with E-state index in [1.807, 2.05) is 19.9 Å². The Morgan fingerprint density at radius 1 is 1.60 bits per heavy atom. The number of allylic oxidation sites excluding steroid dienone is 2. The molecule has 0 aliphatic rings. The lowest BCUT2D eigenvalue weighted by atomic mass is 10.4. The Bertz CT molecular complexity index is 161. The van der Waals surface area contributed by atoms with E-state index in [2.05, 4.69) is 5.10 Å². The smallest absolute Gasteiger partial charge is 0.162 e. The van der Waals surface area contributed by atoms with E-state index in [9.17, 15) is 4.79 Å². The molecule has 0 aliphatic carbocycles. The van der Waals surface area contributed by atoms with E-state index in [1.165, 1.54) is 6.21 Å². The van der Waals surface area contributed by atoms with Crippen LogP contribution in [-0.4, -0.2) is 24.6 Å². The van der Waals surface area contributed by atoms with E-state index in [0.717, 1.165) is 5.70 Å². The molecule has 0 radical (unpaired) electrons. The van der Waals surface area contributed by atoms with Crippen molar-refractivity contribution >= 4 is 12.5 Å². The van der Waals surface area contributed by atoms with Crippen LogP contribution in [0.3, 0.4) is 0 Å². The standard InChI is InChI=1S/C7H12N2O/c1-4-7(2)9(3)8-5-6-10/h4-6H,1-3H3/b7-4-,8-5+. The largest absolute Gasteiger partial charge is 0.297 e. The van der Waals surface area contributed by atoms with Gasteiger partial charge in [0.15, 0.2) is 6.29 Å². The summed E-state index contributed by atoms with van der Waals surface area (Å²) in [4.78, 5) is 9.82. The summed E-state index contributed by atoms with van der Waals surface area (Å²) in [5, 5.41) is 5.42. The van der Waals surface area contributed by atoms with Gasteiger partial charge < -0.3 is 0 Å². The summed E-state index contributed by atoms with van der Waals surface area (Å²) in [6.45, 7) is 3.84. The van der Waals surface area contributed by atoms with E-state index in [-0.39, 0.29) is 0 Å². The molecule has 0 fully saturated rings. The highest BCUT2D eigenvalue weighted by atomic mass is 16.1. The molecule has 3 heteroatoms. The average Bonchev–Trinajstić information content (AvgIpc) is 1.98. The summed E-state index contributed by atoms with van der Waals surface area (Å²) < 4.78 is 0. The van der Waals surface area contributed by atoms with Gasteiger partial charge in [-0.25, -0.2) is 0 Å². The monoisotopic (exact) mass is 140 g/mol. The molecule has 0 unspecified atom stereocenters. The Balaban J connectivity index is 3.95. The van der Waals surface area contributed by atoms with Crippen LogP contribution in [0.25, 0.3) is 0 Å². The number of rotatable bonds is 3. The number of nitrogens with zero attached hydrogens (tertiary/aromatic N) is 2. The van der Waals surface area contributed by atoms with Gasteiger partial charge in [-0.2, -0.15) is 5.10 Å². The van der Waals surface area contributed by atoms with Crippen LogP contribution < -0.4 is 0 Å². The molecule has 3 nitrogen and oxygen atoms in total. The van der Waals surface area contributed by atoms with Crippen LogP contribution in [-0.2, 0) is 4.79 Å². The first-order valence-corrected chi connectivity index (χ1v) is 3.06. The maximum absolute atomic E-state index is 9.82. The maximum atomic E-state index is 9.82. The van der Waals surface area contributed by atoms with Crippen molar-refractivity contribution in [3.05, 3.63) is 11.8 Å². The molecule has 0 aromatic carbocycles. The van der Waals surface area contributed by atoms with Crippen molar-refractivity contribution in [1.29, 1.82) is 0 Å². The summed E-state index contributed by atoms with van der Waals surface area (Å²) in [5.41, 5.74) is 1.01. The van der Waals surface area contributed by atoms with Crippen LogP contribution in [0.1, 0.15) is 13.8 Å². The highest BCUT2D eigenvalue weighted by molar-refractivity contribution is 6.12. The van der Waals surface area contributed by atoms with Gasteiger partial charge in [0.2, 0.25) is 0 Å². The Hall–Kier alpha value is -1.12. The van der Waals surface area contributed by atoms with E-state index in [1.54, 1.807) is 12.1 Å². The van der Waals surface area contributed by atoms with Gasteiger partial charge in [-0.05, 0) is 13.8 Å². The molecule has 0 saturated heterocycles. The Morgan fingerprint density at radius 2 is 2.20 bits per heavy atom. The van der Waals surface area contributed by atoms with E-state index >= 15 is 0 Å². The molecular weight excluding hydrogens is 128 g/mol. The van der Waals surface area contributed by atoms with Crippen molar-refractivity contribution in [1.82, 2.24) is 5.01 Å². The average molecular weight is 140 g/mol. The molecule has 0 rings (SSSR count). The zero-order chi connectivity index (χ0) is 7.98. The summed E-state index contributed by atoms with van der Waals surface area (Å²) in [6, 6.07) is 0. The summed E-state index contributed by atoms with van der Waals surface area (Å²) in [6.07, 6.45) is 3.79. The topological polar surface area (TPSA) is 32.7 Å². The number of hydrazone groups is 1. The fourth-order valence-electron chi connectivity index (χ4n) is 0.405. The normalized spacial score (nSPS) is 12.1. The van der Waals surface area contributed by atoms with Crippen LogP contribution in [0.15, 0.2) is 16.9 Å².